The number of hydrogen-bond acceptors (Lipinski definition) is 7. The van der Waals surface area contributed by atoms with Gasteiger partial charge in [-0.15, -0.1) is 0 Å². The number of aromatic nitrogens is 3. The number of benzene rings is 1. The average Bonchev–Trinajstić information content (AvgIpc) is 3.24. The fourth-order valence-electron chi connectivity index (χ4n) is 4.78. The number of sulfonamides is 1. The number of nitrogen functional groups attached to an aromatic ring is 1. The molecule has 2 aromatic heterocycles. The molecule has 0 spiro atoms. The molecule has 0 saturated carbocycles. The first-order chi connectivity index (χ1) is 15.7. The normalized spacial score (nSPS) is 21.0. The van der Waals surface area contributed by atoms with Gasteiger partial charge < -0.3 is 10.5 Å². The molecular formula is C23H24N6O3S. The van der Waals surface area contributed by atoms with Crippen LogP contribution in [0.4, 0.5) is 11.5 Å². The molecule has 1 aromatic carbocycles. The minimum Gasteiger partial charge on any atom is -0.482 e. The van der Waals surface area contributed by atoms with Crippen molar-refractivity contribution in [2.24, 2.45) is 7.05 Å². The minimum absolute atomic E-state index is 0.0513. The molecule has 2 bridgehead atoms. The van der Waals surface area contributed by atoms with E-state index >= 15 is 0 Å². The zero-order chi connectivity index (χ0) is 23.5. The number of hydrogen-bond donors (Lipinski definition) is 1. The molecule has 0 radical (unpaired) electrons. The molecule has 1 saturated heterocycles. The number of rotatable bonds is 0. The van der Waals surface area contributed by atoms with Crippen LogP contribution in [0.15, 0.2) is 30.5 Å². The Morgan fingerprint density at radius 1 is 1.30 bits per heavy atom. The SMILES string of the molecule is Cc1ccc2c(c1)[C@@H](C)Oc1cc(cnc1N)-c1c(nn(C)c1C#N)CC1CCS(=O)(=O)N21. The van der Waals surface area contributed by atoms with Gasteiger partial charge in [0.25, 0.3) is 0 Å². The van der Waals surface area contributed by atoms with Gasteiger partial charge in [0.05, 0.1) is 23.2 Å². The highest BCUT2D eigenvalue weighted by atomic mass is 32.2. The number of anilines is 2. The van der Waals surface area contributed by atoms with Gasteiger partial charge in [-0.3, -0.25) is 8.99 Å². The maximum atomic E-state index is 13.2. The fourth-order valence-corrected chi connectivity index (χ4v) is 6.64. The van der Waals surface area contributed by atoms with Crippen LogP contribution in [0.5, 0.6) is 5.75 Å². The first-order valence-electron chi connectivity index (χ1n) is 10.7. The van der Waals surface area contributed by atoms with Crippen LogP contribution in [0.1, 0.15) is 42.0 Å². The molecule has 0 amide bonds. The lowest BCUT2D eigenvalue weighted by atomic mass is 9.97. The number of nitriles is 1. The van der Waals surface area contributed by atoms with Crippen molar-refractivity contribution in [3.05, 3.63) is 53.0 Å². The molecule has 2 atom stereocenters. The Morgan fingerprint density at radius 2 is 2.09 bits per heavy atom. The van der Waals surface area contributed by atoms with E-state index in [4.69, 9.17) is 10.5 Å². The fraction of sp³-hybridized carbons (Fsp3) is 0.348. The van der Waals surface area contributed by atoms with Gasteiger partial charge in [-0.2, -0.15) is 10.4 Å². The quantitative estimate of drug-likeness (QED) is 0.542. The van der Waals surface area contributed by atoms with Crippen molar-refractivity contribution < 1.29 is 13.2 Å². The summed E-state index contributed by atoms with van der Waals surface area (Å²) in [6.45, 7) is 3.82. The third-order valence-electron chi connectivity index (χ3n) is 6.33. The van der Waals surface area contributed by atoms with Gasteiger partial charge in [0.15, 0.2) is 11.6 Å². The molecule has 2 aliphatic heterocycles. The maximum absolute atomic E-state index is 13.2. The standard InChI is InChI=1S/C23H24N6O3S/c1-13-4-5-19-17(8-13)14(2)32-21-9-15(12-26-23(21)25)22-18(27-28(3)20(22)11-24)10-16-6-7-33(30,31)29(16)19/h4-5,8-9,12,14,16H,6-7,10H2,1-3H3,(H2,25,26)/t14-,16?/m1/s1. The van der Waals surface area contributed by atoms with Gasteiger partial charge in [0.2, 0.25) is 10.0 Å². The molecule has 10 heteroatoms. The van der Waals surface area contributed by atoms with Crippen LogP contribution < -0.4 is 14.8 Å². The highest BCUT2D eigenvalue weighted by Crippen LogP contribution is 2.41. The summed E-state index contributed by atoms with van der Waals surface area (Å²) in [5.41, 5.74) is 10.8. The lowest BCUT2D eigenvalue weighted by molar-refractivity contribution is 0.228. The predicted molar refractivity (Wildman–Crippen MR) is 124 cm³/mol. The number of nitrogens with zero attached hydrogens (tertiary/aromatic N) is 5. The van der Waals surface area contributed by atoms with Gasteiger partial charge in [0.1, 0.15) is 17.9 Å². The largest absolute Gasteiger partial charge is 0.482 e. The van der Waals surface area contributed by atoms with Crippen molar-refractivity contribution in [2.75, 3.05) is 15.8 Å². The molecule has 2 aliphatic rings. The number of ether oxygens (including phenoxy) is 1. The molecule has 1 unspecified atom stereocenters. The predicted octanol–water partition coefficient (Wildman–Crippen LogP) is 2.85. The van der Waals surface area contributed by atoms with E-state index in [0.29, 0.717) is 46.8 Å². The van der Waals surface area contributed by atoms with Crippen LogP contribution in [0.2, 0.25) is 0 Å². The second-order valence-electron chi connectivity index (χ2n) is 8.59. The number of pyridine rings is 1. The summed E-state index contributed by atoms with van der Waals surface area (Å²) in [5, 5.41) is 14.4. The third kappa shape index (κ3) is 3.40. The summed E-state index contributed by atoms with van der Waals surface area (Å²) < 4.78 is 35.7. The molecule has 2 N–H and O–H groups in total. The van der Waals surface area contributed by atoms with Gasteiger partial charge in [-0.25, -0.2) is 13.4 Å². The second kappa shape index (κ2) is 7.49. The number of fused-ring (bicyclic) bond motifs is 7. The Kier molecular flexibility index (Phi) is 4.83. The average molecular weight is 465 g/mol. The summed E-state index contributed by atoms with van der Waals surface area (Å²) in [5.74, 6) is 0.635. The monoisotopic (exact) mass is 464 g/mol. The van der Waals surface area contributed by atoms with E-state index in [0.717, 1.165) is 11.1 Å². The Balaban J connectivity index is 1.80. The van der Waals surface area contributed by atoms with Crippen LogP contribution in [0.3, 0.4) is 0 Å². The molecule has 9 nitrogen and oxygen atoms in total. The second-order valence-corrected chi connectivity index (χ2v) is 10.6. The smallest absolute Gasteiger partial charge is 0.235 e. The Hall–Kier alpha value is -3.58. The number of aryl methyl sites for hydroxylation is 2. The van der Waals surface area contributed by atoms with Crippen LogP contribution in [0, 0.1) is 18.3 Å². The molecule has 0 aliphatic carbocycles. The molecule has 5 rings (SSSR count). The summed E-state index contributed by atoms with van der Waals surface area (Å²) in [6.07, 6.45) is 1.95. The van der Waals surface area contributed by atoms with Gasteiger partial charge in [-0.1, -0.05) is 17.7 Å². The third-order valence-corrected chi connectivity index (χ3v) is 8.17. The minimum atomic E-state index is -3.53. The number of nitrogens with two attached hydrogens (primary N) is 1. The highest BCUT2D eigenvalue weighted by molar-refractivity contribution is 7.93. The summed E-state index contributed by atoms with van der Waals surface area (Å²) in [7, 11) is -1.82. The van der Waals surface area contributed by atoms with Gasteiger partial charge >= 0.3 is 0 Å². The highest BCUT2D eigenvalue weighted by Gasteiger charge is 2.40. The zero-order valence-corrected chi connectivity index (χ0v) is 19.4. The van der Waals surface area contributed by atoms with E-state index in [9.17, 15) is 13.7 Å². The van der Waals surface area contributed by atoms with Crippen molar-refractivity contribution in [3.63, 3.8) is 0 Å². The topological polar surface area (TPSA) is 127 Å². The first-order valence-corrected chi connectivity index (χ1v) is 12.3. The van der Waals surface area contributed by atoms with Crippen molar-refractivity contribution >= 4 is 21.5 Å². The van der Waals surface area contributed by atoms with E-state index in [1.165, 1.54) is 8.99 Å². The lowest BCUT2D eigenvalue weighted by Gasteiger charge is -2.30. The summed E-state index contributed by atoms with van der Waals surface area (Å²) >= 11 is 0. The van der Waals surface area contributed by atoms with Gasteiger partial charge in [-0.05, 0) is 32.4 Å². The Labute approximate surface area is 192 Å². The van der Waals surface area contributed by atoms with E-state index in [1.54, 1.807) is 19.3 Å². The Bertz CT molecular complexity index is 1420. The van der Waals surface area contributed by atoms with Crippen molar-refractivity contribution in [3.8, 4) is 22.9 Å². The molecule has 3 aromatic rings. The van der Waals surface area contributed by atoms with E-state index in [-0.39, 0.29) is 17.6 Å². The molecule has 33 heavy (non-hydrogen) atoms. The van der Waals surface area contributed by atoms with E-state index < -0.39 is 16.1 Å². The van der Waals surface area contributed by atoms with Crippen LogP contribution in [0.25, 0.3) is 11.1 Å². The molecule has 170 valence electrons. The van der Waals surface area contributed by atoms with E-state index in [2.05, 4.69) is 16.2 Å². The summed E-state index contributed by atoms with van der Waals surface area (Å²) in [6, 6.07) is 9.35. The van der Waals surface area contributed by atoms with Crippen LogP contribution in [-0.4, -0.2) is 35.0 Å². The van der Waals surface area contributed by atoms with Crippen molar-refractivity contribution in [1.82, 2.24) is 14.8 Å². The van der Waals surface area contributed by atoms with Crippen molar-refractivity contribution in [2.45, 2.75) is 38.8 Å². The Morgan fingerprint density at radius 3 is 2.85 bits per heavy atom. The summed E-state index contributed by atoms with van der Waals surface area (Å²) in [4.78, 5) is 4.31. The first kappa shape index (κ1) is 21.3. The molecule has 4 heterocycles. The van der Waals surface area contributed by atoms with Crippen molar-refractivity contribution in [1.29, 1.82) is 5.26 Å². The van der Waals surface area contributed by atoms with Crippen LogP contribution >= 0.6 is 0 Å². The molecular weight excluding hydrogens is 440 g/mol. The zero-order valence-electron chi connectivity index (χ0n) is 18.6. The van der Waals surface area contributed by atoms with Crippen LogP contribution in [-0.2, 0) is 23.5 Å². The van der Waals surface area contributed by atoms with Gasteiger partial charge in [0, 0.05) is 36.4 Å². The lowest BCUT2D eigenvalue weighted by Crippen LogP contribution is -2.36. The van der Waals surface area contributed by atoms with E-state index in [1.807, 2.05) is 32.0 Å². The molecule has 1 fully saturated rings. The maximum Gasteiger partial charge on any atom is 0.235 e.